The highest BCUT2D eigenvalue weighted by atomic mass is 32.2. The molecule has 0 atom stereocenters. The first-order chi connectivity index (χ1) is 20.6. The molecule has 1 aliphatic heterocycles. The number of benzene rings is 2. The average Bonchev–Trinajstić information content (AvgIpc) is 3.62. The highest BCUT2D eigenvalue weighted by molar-refractivity contribution is 7.97. The number of fused-ring (bicyclic) bond motifs is 2. The monoisotopic (exact) mass is 613 g/mol. The van der Waals surface area contributed by atoms with Crippen LogP contribution in [0.1, 0.15) is 51.5 Å². The molecule has 2 aliphatic rings. The van der Waals surface area contributed by atoms with Gasteiger partial charge in [-0.2, -0.15) is 23.3 Å². The number of nitrogens with one attached hydrogen (secondary N) is 2. The van der Waals surface area contributed by atoms with E-state index in [1.165, 1.54) is 48.8 Å². The summed E-state index contributed by atoms with van der Waals surface area (Å²) in [5.74, 6) is 0.952. The fourth-order valence-electron chi connectivity index (χ4n) is 5.33. The molecule has 6 rings (SSSR count). The van der Waals surface area contributed by atoms with Crippen molar-refractivity contribution in [2.45, 2.75) is 63.6 Å². The Hall–Kier alpha value is -3.64. The summed E-state index contributed by atoms with van der Waals surface area (Å²) in [6.45, 7) is 8.29. The van der Waals surface area contributed by atoms with E-state index in [-0.39, 0.29) is 5.82 Å². The van der Waals surface area contributed by atoms with Gasteiger partial charge in [-0.3, -0.25) is 5.10 Å². The molecule has 3 heterocycles. The number of hydrogen-bond acceptors (Lipinski definition) is 7. The number of rotatable bonds is 7. The summed E-state index contributed by atoms with van der Waals surface area (Å²) >= 11 is 1.84. The molecule has 0 unspecified atom stereocenters. The zero-order valence-electron chi connectivity index (χ0n) is 24.2. The maximum Gasteiger partial charge on any atom is 0.411 e. The number of nitrogens with zero attached hydrogens (tertiary/aromatic N) is 5. The van der Waals surface area contributed by atoms with Gasteiger partial charge in [0, 0.05) is 41.2 Å². The molecule has 1 saturated carbocycles. The van der Waals surface area contributed by atoms with Gasteiger partial charge in [0.1, 0.15) is 0 Å². The smallest absolute Gasteiger partial charge is 0.324 e. The van der Waals surface area contributed by atoms with E-state index in [0.29, 0.717) is 12.5 Å². The van der Waals surface area contributed by atoms with Crippen molar-refractivity contribution >= 4 is 46.0 Å². The number of allylic oxidation sites excluding steroid dienone is 1. The Morgan fingerprint density at radius 3 is 2.65 bits per heavy atom. The predicted molar refractivity (Wildman–Crippen MR) is 164 cm³/mol. The minimum Gasteiger partial charge on any atom is -0.324 e. The molecule has 2 aromatic carbocycles. The lowest BCUT2D eigenvalue weighted by atomic mass is 9.89. The van der Waals surface area contributed by atoms with Gasteiger partial charge in [0.25, 0.3) is 0 Å². The van der Waals surface area contributed by atoms with E-state index in [1.807, 2.05) is 42.0 Å². The number of halogens is 4. The number of aromatic amines is 1. The molecule has 0 spiro atoms. The second-order valence-electron chi connectivity index (χ2n) is 10.9. The lowest BCUT2D eigenvalue weighted by Crippen LogP contribution is -2.22. The van der Waals surface area contributed by atoms with Crippen molar-refractivity contribution in [3.8, 4) is 0 Å². The molecule has 4 aromatic rings. The molecule has 2 N–H and O–H groups in total. The normalized spacial score (nSPS) is 15.6. The number of anilines is 4. The van der Waals surface area contributed by atoms with Crippen LogP contribution >= 0.6 is 11.9 Å². The third-order valence-corrected chi connectivity index (χ3v) is 8.73. The van der Waals surface area contributed by atoms with Crippen molar-refractivity contribution in [2.75, 3.05) is 23.3 Å². The van der Waals surface area contributed by atoms with Crippen LogP contribution in [0.5, 0.6) is 0 Å². The fourth-order valence-corrected chi connectivity index (χ4v) is 6.52. The van der Waals surface area contributed by atoms with Crippen LogP contribution in [-0.4, -0.2) is 43.7 Å². The van der Waals surface area contributed by atoms with E-state index < -0.39 is 17.6 Å². The summed E-state index contributed by atoms with van der Waals surface area (Å²) in [4.78, 5) is 11.9. The molecule has 7 nitrogen and oxygen atoms in total. The molecule has 0 amide bonds. The molecule has 12 heteroatoms. The number of hydrogen-bond donors (Lipinski definition) is 2. The van der Waals surface area contributed by atoms with Crippen molar-refractivity contribution in [1.29, 1.82) is 0 Å². The second kappa shape index (κ2) is 13.3. The zero-order valence-corrected chi connectivity index (χ0v) is 25.0. The minimum absolute atomic E-state index is 0.234. The number of alkyl halides is 3. The van der Waals surface area contributed by atoms with E-state index in [4.69, 9.17) is 0 Å². The minimum atomic E-state index is -4.19. The maximum absolute atomic E-state index is 14.9. The van der Waals surface area contributed by atoms with Gasteiger partial charge in [0.05, 0.1) is 23.6 Å². The van der Waals surface area contributed by atoms with Crippen LogP contribution in [-0.2, 0) is 6.54 Å². The lowest BCUT2D eigenvalue weighted by molar-refractivity contribution is -0.0909. The Morgan fingerprint density at radius 2 is 1.93 bits per heavy atom. The Balaban J connectivity index is 0.000000472. The molecule has 0 bridgehead atoms. The summed E-state index contributed by atoms with van der Waals surface area (Å²) in [7, 11) is 0. The van der Waals surface area contributed by atoms with Crippen LogP contribution in [0.4, 0.5) is 40.7 Å². The van der Waals surface area contributed by atoms with Gasteiger partial charge in [-0.15, -0.1) is 0 Å². The molecule has 1 aliphatic carbocycles. The zero-order chi connectivity index (χ0) is 30.6. The van der Waals surface area contributed by atoms with Gasteiger partial charge in [-0.1, -0.05) is 38.0 Å². The van der Waals surface area contributed by atoms with Gasteiger partial charge >= 0.3 is 6.18 Å². The average molecular weight is 614 g/mol. The number of aromatic nitrogens is 4. The summed E-state index contributed by atoms with van der Waals surface area (Å²) in [5.41, 5.74) is 3.24. The lowest BCUT2D eigenvalue weighted by Gasteiger charge is -2.25. The van der Waals surface area contributed by atoms with Gasteiger partial charge in [0.2, 0.25) is 5.95 Å². The van der Waals surface area contributed by atoms with Crippen molar-refractivity contribution < 1.29 is 17.6 Å². The maximum atomic E-state index is 14.9. The van der Waals surface area contributed by atoms with Crippen molar-refractivity contribution in [2.24, 2.45) is 5.92 Å². The quantitative estimate of drug-likeness (QED) is 0.122. The van der Waals surface area contributed by atoms with Crippen LogP contribution in [0.25, 0.3) is 10.9 Å². The summed E-state index contributed by atoms with van der Waals surface area (Å²) < 4.78 is 50.7. The molecule has 0 radical (unpaired) electrons. The highest BCUT2D eigenvalue weighted by Crippen LogP contribution is 2.40. The van der Waals surface area contributed by atoms with E-state index >= 15 is 0 Å². The van der Waals surface area contributed by atoms with E-state index in [2.05, 4.69) is 54.6 Å². The third kappa shape index (κ3) is 7.48. The van der Waals surface area contributed by atoms with Crippen molar-refractivity contribution in [3.05, 3.63) is 72.3 Å². The summed E-state index contributed by atoms with van der Waals surface area (Å²) in [5, 5.41) is 11.3. The van der Waals surface area contributed by atoms with Crippen LogP contribution < -0.4 is 10.2 Å². The molecule has 2 aromatic heterocycles. The van der Waals surface area contributed by atoms with Crippen molar-refractivity contribution in [1.82, 2.24) is 24.5 Å². The SMILES string of the molecule is C=C(C)C(F)(F)F.CCN(c1nc(Nc2ccc3c(c2)SN(CC2CCCCC2)C3)ncc1F)c1cccc2[nH]ncc12. The first kappa shape index (κ1) is 30.8. The molecule has 228 valence electrons. The van der Waals surface area contributed by atoms with Crippen molar-refractivity contribution in [3.63, 3.8) is 0 Å². The molecular weight excluding hydrogens is 578 g/mol. The third-order valence-electron chi connectivity index (χ3n) is 7.62. The van der Waals surface area contributed by atoms with Crippen LogP contribution in [0.15, 0.2) is 65.8 Å². The van der Waals surface area contributed by atoms with E-state index in [1.54, 1.807) is 6.20 Å². The first-order valence-electron chi connectivity index (χ1n) is 14.4. The standard InChI is InChI=1S/C27H30FN7S.C4H5F3/c1-2-35(24-10-6-9-23-21(24)14-30-33-23)26-22(28)15-29-27(32-26)31-20-12-11-19-17-34(36-25(19)13-20)16-18-7-4-3-5-8-18;1-3(2)4(5,6)7/h6,9-15,18H,2-5,7-8,16-17H2,1H3,(H,30,33)(H,29,31,32);1H2,2H3. The van der Waals surface area contributed by atoms with Gasteiger partial charge < -0.3 is 10.2 Å². The Morgan fingerprint density at radius 1 is 1.16 bits per heavy atom. The van der Waals surface area contributed by atoms with Gasteiger partial charge in [0.15, 0.2) is 11.6 Å². The first-order valence-corrected chi connectivity index (χ1v) is 15.2. The summed E-state index contributed by atoms with van der Waals surface area (Å²) in [6, 6.07) is 12.2. The number of H-pyrrole nitrogens is 1. The molecule has 1 fully saturated rings. The highest BCUT2D eigenvalue weighted by Gasteiger charge is 2.28. The molecule has 43 heavy (non-hydrogen) atoms. The Labute approximate surface area is 252 Å². The predicted octanol–water partition coefficient (Wildman–Crippen LogP) is 8.92. The largest absolute Gasteiger partial charge is 0.411 e. The second-order valence-corrected chi connectivity index (χ2v) is 12.0. The van der Waals surface area contributed by atoms with Gasteiger partial charge in [-0.05, 0) is 74.4 Å². The van der Waals surface area contributed by atoms with Crippen LogP contribution in [0.3, 0.4) is 0 Å². The Bertz CT molecular complexity index is 1570. The topological polar surface area (TPSA) is 73.0 Å². The molecular formula is C31H35F4N7S. The Kier molecular flexibility index (Phi) is 9.55. The summed E-state index contributed by atoms with van der Waals surface area (Å²) in [6.07, 6.45) is 5.64. The van der Waals surface area contributed by atoms with Gasteiger partial charge in [-0.25, -0.2) is 13.7 Å². The van der Waals surface area contributed by atoms with E-state index in [0.717, 1.165) is 48.2 Å². The van der Waals surface area contributed by atoms with Crippen LogP contribution in [0.2, 0.25) is 0 Å². The molecule has 0 saturated heterocycles. The van der Waals surface area contributed by atoms with Crippen LogP contribution in [0, 0.1) is 11.7 Å². The van der Waals surface area contributed by atoms with E-state index in [9.17, 15) is 17.6 Å². The fraction of sp³-hybridized carbons (Fsp3) is 0.387.